The average molecular weight is 212 g/mol. The van der Waals surface area contributed by atoms with E-state index in [1.165, 1.54) is 9.88 Å². The number of nitrogens with zero attached hydrogens (tertiary/aromatic N) is 1. The van der Waals surface area contributed by atoms with Crippen LogP contribution in [0.15, 0.2) is 6.20 Å². The molecule has 2 nitrogen and oxygen atoms in total. The van der Waals surface area contributed by atoms with Gasteiger partial charge in [0.2, 0.25) is 0 Å². The van der Waals surface area contributed by atoms with E-state index in [0.29, 0.717) is 12.0 Å². The van der Waals surface area contributed by atoms with Gasteiger partial charge in [-0.15, -0.1) is 11.3 Å². The van der Waals surface area contributed by atoms with Gasteiger partial charge >= 0.3 is 0 Å². The molecule has 0 aliphatic rings. The van der Waals surface area contributed by atoms with Crippen LogP contribution in [0.3, 0.4) is 0 Å². The number of hydrogen-bond acceptors (Lipinski definition) is 3. The zero-order chi connectivity index (χ0) is 10.6. The van der Waals surface area contributed by atoms with Gasteiger partial charge in [0.25, 0.3) is 0 Å². The third-order valence-electron chi connectivity index (χ3n) is 1.87. The lowest BCUT2D eigenvalue weighted by molar-refractivity contribution is 0.593. The van der Waals surface area contributed by atoms with Gasteiger partial charge in [0.05, 0.1) is 5.01 Å². The number of aromatic nitrogens is 1. The van der Waals surface area contributed by atoms with Crippen LogP contribution in [0.25, 0.3) is 0 Å². The molecule has 0 amide bonds. The standard InChI is InChI=1S/C11H20N2S/c1-8(2)5-11-13-7-10(14-11)6-12-9(3)4/h7-9,12H,5-6H2,1-4H3. The van der Waals surface area contributed by atoms with E-state index < -0.39 is 0 Å². The van der Waals surface area contributed by atoms with Gasteiger partial charge in [-0.1, -0.05) is 27.7 Å². The highest BCUT2D eigenvalue weighted by Crippen LogP contribution is 2.16. The summed E-state index contributed by atoms with van der Waals surface area (Å²) in [6.07, 6.45) is 3.10. The summed E-state index contributed by atoms with van der Waals surface area (Å²) in [5, 5.41) is 4.66. The van der Waals surface area contributed by atoms with Gasteiger partial charge in [-0.3, -0.25) is 0 Å². The van der Waals surface area contributed by atoms with Crippen LogP contribution in [-0.4, -0.2) is 11.0 Å². The molecule has 0 saturated carbocycles. The lowest BCUT2D eigenvalue weighted by Crippen LogP contribution is -2.21. The Morgan fingerprint density at radius 1 is 1.36 bits per heavy atom. The Labute approximate surface area is 90.8 Å². The zero-order valence-electron chi connectivity index (χ0n) is 9.50. The molecular formula is C11H20N2S. The summed E-state index contributed by atoms with van der Waals surface area (Å²) in [6, 6.07) is 0.547. The molecule has 80 valence electrons. The Kier molecular flexibility index (Phi) is 4.55. The predicted molar refractivity (Wildman–Crippen MR) is 62.6 cm³/mol. The average Bonchev–Trinajstić information content (AvgIpc) is 2.47. The molecule has 1 aromatic rings. The maximum atomic E-state index is 4.41. The van der Waals surface area contributed by atoms with Crippen LogP contribution in [0.1, 0.15) is 37.6 Å². The van der Waals surface area contributed by atoms with E-state index >= 15 is 0 Å². The molecule has 1 N–H and O–H groups in total. The van der Waals surface area contributed by atoms with Crippen molar-refractivity contribution in [3.8, 4) is 0 Å². The highest BCUT2D eigenvalue weighted by atomic mass is 32.1. The van der Waals surface area contributed by atoms with Gasteiger partial charge < -0.3 is 5.32 Å². The second kappa shape index (κ2) is 5.47. The normalized spacial score (nSPS) is 11.6. The number of hydrogen-bond donors (Lipinski definition) is 1. The van der Waals surface area contributed by atoms with Crippen LogP contribution in [-0.2, 0) is 13.0 Å². The van der Waals surface area contributed by atoms with Gasteiger partial charge in [0.15, 0.2) is 0 Å². The summed E-state index contributed by atoms with van der Waals surface area (Å²) in [7, 11) is 0. The summed E-state index contributed by atoms with van der Waals surface area (Å²) >= 11 is 1.83. The van der Waals surface area contributed by atoms with Crippen LogP contribution in [0, 0.1) is 5.92 Å². The summed E-state index contributed by atoms with van der Waals surface area (Å²) in [6.45, 7) is 9.74. The van der Waals surface area contributed by atoms with Crippen molar-refractivity contribution in [2.45, 2.75) is 46.7 Å². The third-order valence-corrected chi connectivity index (χ3v) is 2.89. The van der Waals surface area contributed by atoms with E-state index in [-0.39, 0.29) is 0 Å². The summed E-state index contributed by atoms with van der Waals surface area (Å²) in [5.74, 6) is 0.701. The molecule has 0 radical (unpaired) electrons. The second-order valence-corrected chi connectivity index (χ2v) is 5.55. The van der Waals surface area contributed by atoms with Crippen molar-refractivity contribution in [1.29, 1.82) is 0 Å². The first-order valence-corrected chi connectivity index (χ1v) is 6.06. The first-order chi connectivity index (χ1) is 6.58. The molecule has 0 aromatic carbocycles. The largest absolute Gasteiger partial charge is 0.310 e. The molecule has 0 spiro atoms. The fraction of sp³-hybridized carbons (Fsp3) is 0.727. The highest BCUT2D eigenvalue weighted by Gasteiger charge is 2.04. The molecule has 0 atom stereocenters. The molecular weight excluding hydrogens is 192 g/mol. The Morgan fingerprint density at radius 3 is 2.64 bits per heavy atom. The Bertz CT molecular complexity index is 266. The lowest BCUT2D eigenvalue weighted by atomic mass is 10.1. The minimum Gasteiger partial charge on any atom is -0.310 e. The molecule has 0 fully saturated rings. The predicted octanol–water partition coefficient (Wildman–Crippen LogP) is 2.84. The van der Waals surface area contributed by atoms with E-state index in [4.69, 9.17) is 0 Å². The molecule has 0 bridgehead atoms. The van der Waals surface area contributed by atoms with Crippen molar-refractivity contribution in [2.24, 2.45) is 5.92 Å². The van der Waals surface area contributed by atoms with Crippen molar-refractivity contribution in [3.05, 3.63) is 16.1 Å². The molecule has 1 aromatic heterocycles. The third kappa shape index (κ3) is 4.20. The molecule has 14 heavy (non-hydrogen) atoms. The zero-order valence-corrected chi connectivity index (χ0v) is 10.3. The van der Waals surface area contributed by atoms with Crippen LogP contribution >= 0.6 is 11.3 Å². The minimum absolute atomic E-state index is 0.547. The highest BCUT2D eigenvalue weighted by molar-refractivity contribution is 7.11. The van der Waals surface area contributed by atoms with Crippen molar-refractivity contribution in [3.63, 3.8) is 0 Å². The maximum Gasteiger partial charge on any atom is 0.0930 e. The van der Waals surface area contributed by atoms with Crippen molar-refractivity contribution < 1.29 is 0 Å². The van der Waals surface area contributed by atoms with Gasteiger partial charge in [-0.2, -0.15) is 0 Å². The molecule has 0 aliphatic heterocycles. The van der Waals surface area contributed by atoms with Crippen LogP contribution < -0.4 is 5.32 Å². The van der Waals surface area contributed by atoms with E-state index in [2.05, 4.69) is 38.0 Å². The second-order valence-electron chi connectivity index (χ2n) is 4.35. The molecule has 1 heterocycles. The van der Waals surface area contributed by atoms with Gasteiger partial charge in [-0.05, 0) is 5.92 Å². The molecule has 1 rings (SSSR count). The van der Waals surface area contributed by atoms with E-state index in [0.717, 1.165) is 13.0 Å². The molecule has 0 saturated heterocycles. The van der Waals surface area contributed by atoms with E-state index in [1.54, 1.807) is 0 Å². The van der Waals surface area contributed by atoms with Gasteiger partial charge in [-0.25, -0.2) is 4.98 Å². The van der Waals surface area contributed by atoms with Crippen molar-refractivity contribution in [2.75, 3.05) is 0 Å². The Balaban J connectivity index is 2.42. The molecule has 3 heteroatoms. The first kappa shape index (κ1) is 11.7. The van der Waals surface area contributed by atoms with Crippen LogP contribution in [0.5, 0.6) is 0 Å². The lowest BCUT2D eigenvalue weighted by Gasteiger charge is -2.04. The smallest absolute Gasteiger partial charge is 0.0930 e. The van der Waals surface area contributed by atoms with Crippen LogP contribution in [0.4, 0.5) is 0 Å². The quantitative estimate of drug-likeness (QED) is 0.812. The number of nitrogens with one attached hydrogen (secondary N) is 1. The van der Waals surface area contributed by atoms with E-state index in [1.807, 2.05) is 17.5 Å². The number of rotatable bonds is 5. The van der Waals surface area contributed by atoms with Gasteiger partial charge in [0.1, 0.15) is 0 Å². The molecule has 0 unspecified atom stereocenters. The van der Waals surface area contributed by atoms with Crippen LogP contribution in [0.2, 0.25) is 0 Å². The van der Waals surface area contributed by atoms with E-state index in [9.17, 15) is 0 Å². The molecule has 0 aliphatic carbocycles. The van der Waals surface area contributed by atoms with Crippen molar-refractivity contribution >= 4 is 11.3 Å². The van der Waals surface area contributed by atoms with Gasteiger partial charge in [0, 0.05) is 30.1 Å². The maximum absolute atomic E-state index is 4.41. The first-order valence-electron chi connectivity index (χ1n) is 5.25. The summed E-state index contributed by atoms with van der Waals surface area (Å²) < 4.78 is 0. The Hall–Kier alpha value is -0.410. The minimum atomic E-state index is 0.547. The fourth-order valence-electron chi connectivity index (χ4n) is 1.18. The fourth-order valence-corrected chi connectivity index (χ4v) is 2.26. The Morgan fingerprint density at radius 2 is 2.07 bits per heavy atom. The monoisotopic (exact) mass is 212 g/mol. The summed E-state index contributed by atoms with van der Waals surface area (Å²) in [4.78, 5) is 5.75. The van der Waals surface area contributed by atoms with Crippen molar-refractivity contribution in [1.82, 2.24) is 10.3 Å². The topological polar surface area (TPSA) is 24.9 Å². The SMILES string of the molecule is CC(C)Cc1ncc(CNC(C)C)s1. The summed E-state index contributed by atoms with van der Waals surface area (Å²) in [5.41, 5.74) is 0. The number of thiazole rings is 1.